The van der Waals surface area contributed by atoms with Gasteiger partial charge in [-0.25, -0.2) is 4.79 Å². The minimum absolute atomic E-state index is 0.0260. The number of thioether (sulfide) groups is 1. The van der Waals surface area contributed by atoms with E-state index >= 15 is 0 Å². The van der Waals surface area contributed by atoms with Crippen molar-refractivity contribution in [3.8, 4) is 0 Å². The van der Waals surface area contributed by atoms with Crippen molar-refractivity contribution >= 4 is 28.8 Å². The molecular weight excluding hydrogens is 390 g/mol. The van der Waals surface area contributed by atoms with Crippen molar-refractivity contribution in [3.05, 3.63) is 30.1 Å². The molecule has 3 amide bonds. The number of hydrogen-bond acceptors (Lipinski definition) is 6. The number of carbonyl (C=O) groups excluding carboxylic acids is 3. The van der Waals surface area contributed by atoms with Crippen LogP contribution in [0.2, 0.25) is 0 Å². The molecule has 2 rings (SSSR count). The van der Waals surface area contributed by atoms with Gasteiger partial charge >= 0.3 is 6.03 Å². The summed E-state index contributed by atoms with van der Waals surface area (Å²) in [6, 6.07) is 2.97. The van der Waals surface area contributed by atoms with Crippen molar-refractivity contribution < 1.29 is 14.4 Å². The van der Waals surface area contributed by atoms with Gasteiger partial charge in [-0.2, -0.15) is 0 Å². The maximum atomic E-state index is 12.8. The van der Waals surface area contributed by atoms with Gasteiger partial charge in [0, 0.05) is 64.3 Å². The lowest BCUT2D eigenvalue weighted by molar-refractivity contribution is -0.134. The smallest absolute Gasteiger partial charge is 0.318 e. The fourth-order valence-electron chi connectivity index (χ4n) is 3.07. The predicted molar refractivity (Wildman–Crippen MR) is 115 cm³/mol. The van der Waals surface area contributed by atoms with Gasteiger partial charge in [-0.15, -0.1) is 0 Å². The number of nitrogens with one attached hydrogen (secondary N) is 1. The van der Waals surface area contributed by atoms with Crippen molar-refractivity contribution in [2.24, 2.45) is 0 Å². The number of hydrogen-bond donors (Lipinski definition) is 1. The predicted octanol–water partition coefficient (Wildman–Crippen LogP) is 1.08. The summed E-state index contributed by atoms with van der Waals surface area (Å²) in [6.07, 6.45) is 4.13. The van der Waals surface area contributed by atoms with Crippen molar-refractivity contribution in [1.29, 1.82) is 0 Å². The van der Waals surface area contributed by atoms with Crippen LogP contribution < -0.4 is 5.32 Å². The molecule has 1 N–H and O–H groups in total. The van der Waals surface area contributed by atoms with Crippen LogP contribution in [-0.4, -0.2) is 94.8 Å². The molecule has 29 heavy (non-hydrogen) atoms. The zero-order valence-corrected chi connectivity index (χ0v) is 18.3. The molecular formula is C20H31N5O3S. The molecule has 9 heteroatoms. The second-order valence-corrected chi connectivity index (χ2v) is 8.50. The summed E-state index contributed by atoms with van der Waals surface area (Å²) in [7, 11) is 2.03. The molecule has 2 heterocycles. The van der Waals surface area contributed by atoms with Gasteiger partial charge in [0.05, 0.1) is 0 Å². The monoisotopic (exact) mass is 421 g/mol. The highest BCUT2D eigenvalue weighted by atomic mass is 32.2. The zero-order chi connectivity index (χ0) is 21.2. The van der Waals surface area contributed by atoms with E-state index < -0.39 is 6.04 Å². The quantitative estimate of drug-likeness (QED) is 0.676. The fraction of sp³-hybridized carbons (Fsp3) is 0.600. The lowest BCUT2D eigenvalue weighted by Crippen LogP contribution is -2.55. The summed E-state index contributed by atoms with van der Waals surface area (Å²) in [5.74, 6) is 0.471. The number of aromatic nitrogens is 1. The zero-order valence-electron chi connectivity index (χ0n) is 17.5. The maximum absolute atomic E-state index is 12.8. The van der Waals surface area contributed by atoms with E-state index in [1.54, 1.807) is 29.1 Å². The summed E-state index contributed by atoms with van der Waals surface area (Å²) in [4.78, 5) is 46.4. The SMILES string of the molecule is CC(=O)SCCN(CCc1ccncc1)C(=O)N[C@@H](C)C(=O)N1CCN(C)CC1. The van der Waals surface area contributed by atoms with Crippen LogP contribution in [0.5, 0.6) is 0 Å². The number of amides is 3. The van der Waals surface area contributed by atoms with Crippen LogP contribution in [0.1, 0.15) is 19.4 Å². The molecule has 0 radical (unpaired) electrons. The van der Waals surface area contributed by atoms with Crippen molar-refractivity contribution in [2.45, 2.75) is 26.3 Å². The Morgan fingerprint density at radius 1 is 1.17 bits per heavy atom. The van der Waals surface area contributed by atoms with Gasteiger partial charge in [-0.05, 0) is 38.1 Å². The normalized spacial score (nSPS) is 15.6. The van der Waals surface area contributed by atoms with E-state index in [0.29, 0.717) is 38.4 Å². The Kier molecular flexibility index (Phi) is 9.40. The van der Waals surface area contributed by atoms with Crippen molar-refractivity contribution in [2.75, 3.05) is 52.1 Å². The van der Waals surface area contributed by atoms with E-state index in [1.807, 2.05) is 19.2 Å². The molecule has 0 spiro atoms. The van der Waals surface area contributed by atoms with E-state index in [1.165, 1.54) is 18.7 Å². The minimum atomic E-state index is -0.588. The van der Waals surface area contributed by atoms with Crippen LogP contribution in [-0.2, 0) is 16.0 Å². The third-order valence-electron chi connectivity index (χ3n) is 4.90. The van der Waals surface area contributed by atoms with Crippen LogP contribution in [0, 0.1) is 0 Å². The number of piperazine rings is 1. The first-order valence-electron chi connectivity index (χ1n) is 9.92. The molecule has 1 fully saturated rings. The Morgan fingerprint density at radius 2 is 1.83 bits per heavy atom. The Labute approximate surface area is 177 Å². The lowest BCUT2D eigenvalue weighted by atomic mass is 10.2. The molecule has 1 atom stereocenters. The second kappa shape index (κ2) is 11.8. The topological polar surface area (TPSA) is 85.8 Å². The van der Waals surface area contributed by atoms with Gasteiger partial charge in [-0.1, -0.05) is 11.8 Å². The van der Waals surface area contributed by atoms with E-state index in [9.17, 15) is 14.4 Å². The van der Waals surface area contributed by atoms with Gasteiger partial charge in [0.2, 0.25) is 5.91 Å². The largest absolute Gasteiger partial charge is 0.338 e. The average Bonchev–Trinajstić information content (AvgIpc) is 2.71. The van der Waals surface area contributed by atoms with Crippen LogP contribution in [0.25, 0.3) is 0 Å². The summed E-state index contributed by atoms with van der Waals surface area (Å²) < 4.78 is 0. The third kappa shape index (κ3) is 8.02. The van der Waals surface area contributed by atoms with Gasteiger partial charge in [-0.3, -0.25) is 14.6 Å². The molecule has 0 aliphatic carbocycles. The number of nitrogens with zero attached hydrogens (tertiary/aromatic N) is 4. The van der Waals surface area contributed by atoms with Crippen LogP contribution >= 0.6 is 11.8 Å². The molecule has 0 bridgehead atoms. The molecule has 1 aromatic rings. The van der Waals surface area contributed by atoms with Gasteiger partial charge in [0.15, 0.2) is 5.12 Å². The number of urea groups is 1. The van der Waals surface area contributed by atoms with Crippen LogP contribution in [0.3, 0.4) is 0 Å². The summed E-state index contributed by atoms with van der Waals surface area (Å²) in [6.45, 7) is 7.22. The Morgan fingerprint density at radius 3 is 2.45 bits per heavy atom. The molecule has 1 aliphatic heterocycles. The summed E-state index contributed by atoms with van der Waals surface area (Å²) >= 11 is 1.20. The molecule has 0 aromatic carbocycles. The lowest BCUT2D eigenvalue weighted by Gasteiger charge is -2.34. The first-order chi connectivity index (χ1) is 13.9. The number of rotatable bonds is 8. The van der Waals surface area contributed by atoms with Crippen molar-refractivity contribution in [1.82, 2.24) is 25.0 Å². The van der Waals surface area contributed by atoms with Gasteiger partial charge in [0.1, 0.15) is 6.04 Å². The molecule has 0 unspecified atom stereocenters. The number of likely N-dealkylation sites (N-methyl/N-ethyl adjacent to an activating group) is 1. The Hall–Kier alpha value is -2.13. The third-order valence-corrected chi connectivity index (χ3v) is 5.69. The first-order valence-corrected chi connectivity index (χ1v) is 10.9. The first kappa shape index (κ1) is 23.2. The second-order valence-electron chi connectivity index (χ2n) is 7.23. The number of pyridine rings is 1. The van der Waals surface area contributed by atoms with E-state index in [-0.39, 0.29) is 17.1 Å². The van der Waals surface area contributed by atoms with Crippen LogP contribution in [0.4, 0.5) is 4.79 Å². The Balaban J connectivity index is 1.91. The molecule has 160 valence electrons. The molecule has 8 nitrogen and oxygen atoms in total. The van der Waals surface area contributed by atoms with E-state index in [0.717, 1.165) is 18.7 Å². The van der Waals surface area contributed by atoms with E-state index in [4.69, 9.17) is 0 Å². The summed E-state index contributed by atoms with van der Waals surface area (Å²) in [5.41, 5.74) is 1.08. The fourth-order valence-corrected chi connectivity index (χ4v) is 3.67. The molecule has 0 saturated carbocycles. The maximum Gasteiger partial charge on any atom is 0.318 e. The highest BCUT2D eigenvalue weighted by Crippen LogP contribution is 2.07. The van der Waals surface area contributed by atoms with E-state index in [2.05, 4.69) is 15.2 Å². The average molecular weight is 422 g/mol. The Bertz CT molecular complexity index is 680. The highest BCUT2D eigenvalue weighted by Gasteiger charge is 2.26. The highest BCUT2D eigenvalue weighted by molar-refractivity contribution is 8.13. The van der Waals surface area contributed by atoms with Gasteiger partial charge < -0.3 is 20.0 Å². The van der Waals surface area contributed by atoms with Crippen LogP contribution in [0.15, 0.2) is 24.5 Å². The van der Waals surface area contributed by atoms with Gasteiger partial charge in [0.25, 0.3) is 0 Å². The van der Waals surface area contributed by atoms with Crippen molar-refractivity contribution in [3.63, 3.8) is 0 Å². The molecule has 1 aliphatic rings. The molecule has 1 aromatic heterocycles. The molecule has 1 saturated heterocycles. The standard InChI is InChI=1S/C20H31N5O3S/c1-16(19(27)24-12-10-23(3)11-13-24)22-20(28)25(14-15-29-17(2)26)9-6-18-4-7-21-8-5-18/h4-5,7-8,16H,6,9-15H2,1-3H3,(H,22,28)/t16-/m0/s1. The number of carbonyl (C=O) groups is 3. The summed E-state index contributed by atoms with van der Waals surface area (Å²) in [5, 5.41) is 2.86. The minimum Gasteiger partial charge on any atom is -0.338 e.